The molecule has 41 heavy (non-hydrogen) atoms. The fourth-order valence-electron chi connectivity index (χ4n) is 4.55. The lowest BCUT2D eigenvalue weighted by Gasteiger charge is -2.28. The second-order valence-electron chi connectivity index (χ2n) is 10.6. The number of aliphatic hydroxyl groups excluding tert-OH is 1. The number of hydrogen-bond donors (Lipinski definition) is 3. The van der Waals surface area contributed by atoms with Gasteiger partial charge in [-0.2, -0.15) is 13.2 Å². The molecule has 1 aliphatic rings. The number of nitrogens with two attached hydrogens (primary N) is 1. The SMILES string of the molecule is COc1cc(C(=O)NCC(c2cc(C(C)(N)C3CC3)cc(-c3ccc(F)cc3)n2)C(F)(F)F)ccc1OC[C@@H](C)O. The van der Waals surface area contributed by atoms with Gasteiger partial charge in [-0.25, -0.2) is 4.39 Å². The molecule has 11 heteroatoms. The van der Waals surface area contributed by atoms with Crippen LogP contribution in [0.4, 0.5) is 17.6 Å². The molecule has 1 aromatic heterocycles. The van der Waals surface area contributed by atoms with Gasteiger partial charge in [-0.05, 0) is 92.8 Å². The van der Waals surface area contributed by atoms with E-state index in [2.05, 4.69) is 10.3 Å². The van der Waals surface area contributed by atoms with E-state index in [0.717, 1.165) is 12.8 Å². The minimum absolute atomic E-state index is 0.0102. The van der Waals surface area contributed by atoms with Crippen molar-refractivity contribution in [2.24, 2.45) is 11.7 Å². The van der Waals surface area contributed by atoms with Crippen LogP contribution in [0.5, 0.6) is 11.5 Å². The van der Waals surface area contributed by atoms with Crippen LogP contribution >= 0.6 is 0 Å². The molecule has 3 atom stereocenters. The number of rotatable bonds is 11. The van der Waals surface area contributed by atoms with Crippen LogP contribution in [-0.2, 0) is 5.54 Å². The first-order valence-electron chi connectivity index (χ1n) is 13.2. The van der Waals surface area contributed by atoms with E-state index in [4.69, 9.17) is 15.2 Å². The second-order valence-corrected chi connectivity index (χ2v) is 10.6. The van der Waals surface area contributed by atoms with E-state index in [0.29, 0.717) is 11.1 Å². The number of carbonyl (C=O) groups excluding carboxylic acids is 1. The van der Waals surface area contributed by atoms with Gasteiger partial charge in [-0.15, -0.1) is 0 Å². The van der Waals surface area contributed by atoms with E-state index < -0.39 is 42.0 Å². The van der Waals surface area contributed by atoms with E-state index in [9.17, 15) is 27.5 Å². The van der Waals surface area contributed by atoms with Crippen LogP contribution in [0.25, 0.3) is 11.3 Å². The Morgan fingerprint density at radius 1 is 1.12 bits per heavy atom. The summed E-state index contributed by atoms with van der Waals surface area (Å²) in [5.74, 6) is -2.81. The summed E-state index contributed by atoms with van der Waals surface area (Å²) in [6.45, 7) is 2.53. The molecule has 3 aromatic rings. The molecule has 4 rings (SSSR count). The number of alkyl halides is 3. The van der Waals surface area contributed by atoms with Gasteiger partial charge in [0.25, 0.3) is 5.91 Å². The predicted octanol–water partition coefficient (Wildman–Crippen LogP) is 5.32. The van der Waals surface area contributed by atoms with Crippen LogP contribution in [-0.4, -0.2) is 48.5 Å². The van der Waals surface area contributed by atoms with Crippen molar-refractivity contribution in [3.8, 4) is 22.8 Å². The van der Waals surface area contributed by atoms with Crippen LogP contribution in [0.1, 0.15) is 54.2 Å². The molecular weight excluding hydrogens is 542 g/mol. The molecule has 0 spiro atoms. The van der Waals surface area contributed by atoms with E-state index in [1.807, 2.05) is 0 Å². The fourth-order valence-corrected chi connectivity index (χ4v) is 4.55. The van der Waals surface area contributed by atoms with Crippen molar-refractivity contribution in [2.45, 2.75) is 50.4 Å². The normalized spacial score (nSPS) is 16.4. The molecular formula is C30H33F4N3O4. The van der Waals surface area contributed by atoms with Gasteiger partial charge >= 0.3 is 6.18 Å². The Hall–Kier alpha value is -3.70. The van der Waals surface area contributed by atoms with Crippen LogP contribution in [0.3, 0.4) is 0 Å². The number of methoxy groups -OCH3 is 1. The van der Waals surface area contributed by atoms with Gasteiger partial charge < -0.3 is 25.6 Å². The molecule has 4 N–H and O–H groups in total. The minimum atomic E-state index is -4.75. The summed E-state index contributed by atoms with van der Waals surface area (Å²) in [5.41, 5.74) is 6.62. The molecule has 7 nitrogen and oxygen atoms in total. The molecule has 0 bridgehead atoms. The van der Waals surface area contributed by atoms with Crippen molar-refractivity contribution in [3.05, 3.63) is 77.2 Å². The second kappa shape index (κ2) is 12.0. The highest BCUT2D eigenvalue weighted by Gasteiger charge is 2.44. The van der Waals surface area contributed by atoms with Gasteiger partial charge in [0.2, 0.25) is 0 Å². The number of halogens is 4. The van der Waals surface area contributed by atoms with Gasteiger partial charge in [0, 0.05) is 23.2 Å². The third kappa shape index (κ3) is 7.34. The zero-order valence-electron chi connectivity index (χ0n) is 23.0. The number of aromatic nitrogens is 1. The quantitative estimate of drug-likeness (QED) is 0.268. The number of pyridine rings is 1. The van der Waals surface area contributed by atoms with Crippen molar-refractivity contribution < 1.29 is 36.9 Å². The topological polar surface area (TPSA) is 107 Å². The van der Waals surface area contributed by atoms with Crippen LogP contribution in [0, 0.1) is 11.7 Å². The highest BCUT2D eigenvalue weighted by atomic mass is 19.4. The Balaban J connectivity index is 1.64. The summed E-state index contributed by atoms with van der Waals surface area (Å²) in [6, 6.07) is 12.5. The number of nitrogens with one attached hydrogen (secondary N) is 1. The van der Waals surface area contributed by atoms with Crippen molar-refractivity contribution in [2.75, 3.05) is 20.3 Å². The van der Waals surface area contributed by atoms with Crippen LogP contribution < -0.4 is 20.5 Å². The van der Waals surface area contributed by atoms with E-state index in [1.54, 1.807) is 19.9 Å². The maximum atomic E-state index is 14.4. The van der Waals surface area contributed by atoms with Crippen LogP contribution in [0.15, 0.2) is 54.6 Å². The highest BCUT2D eigenvalue weighted by molar-refractivity contribution is 5.95. The third-order valence-electron chi connectivity index (χ3n) is 7.16. The maximum absolute atomic E-state index is 14.4. The number of benzene rings is 2. The lowest BCUT2D eigenvalue weighted by atomic mass is 9.86. The monoisotopic (exact) mass is 575 g/mol. The smallest absolute Gasteiger partial charge is 0.398 e. The largest absolute Gasteiger partial charge is 0.493 e. The van der Waals surface area contributed by atoms with E-state index >= 15 is 0 Å². The first-order chi connectivity index (χ1) is 19.3. The number of hydrogen-bond acceptors (Lipinski definition) is 6. The molecule has 0 saturated heterocycles. The van der Waals surface area contributed by atoms with Gasteiger partial charge in [0.1, 0.15) is 18.3 Å². The first-order valence-corrected chi connectivity index (χ1v) is 13.2. The molecule has 1 saturated carbocycles. The Kier molecular flexibility index (Phi) is 8.89. The first kappa shape index (κ1) is 30.3. The average Bonchev–Trinajstić information content (AvgIpc) is 3.78. The Morgan fingerprint density at radius 3 is 2.39 bits per heavy atom. The van der Waals surface area contributed by atoms with Gasteiger partial charge in [-0.3, -0.25) is 9.78 Å². The maximum Gasteiger partial charge on any atom is 0.398 e. The summed E-state index contributed by atoms with van der Waals surface area (Å²) in [7, 11) is 1.36. The van der Waals surface area contributed by atoms with Gasteiger partial charge in [0.05, 0.1) is 24.6 Å². The Labute approximate surface area is 235 Å². The average molecular weight is 576 g/mol. The molecule has 1 fully saturated rings. The molecule has 2 unspecified atom stereocenters. The van der Waals surface area contributed by atoms with E-state index in [-0.39, 0.29) is 41.0 Å². The summed E-state index contributed by atoms with van der Waals surface area (Å²) in [6.07, 6.45) is -3.76. The van der Waals surface area contributed by atoms with Crippen molar-refractivity contribution >= 4 is 5.91 Å². The summed E-state index contributed by atoms with van der Waals surface area (Å²) >= 11 is 0. The number of carbonyl (C=O) groups is 1. The molecule has 220 valence electrons. The zero-order chi connectivity index (χ0) is 29.9. The Bertz CT molecular complexity index is 1370. The zero-order valence-corrected chi connectivity index (χ0v) is 23.0. The fraction of sp³-hybridized carbons (Fsp3) is 0.400. The minimum Gasteiger partial charge on any atom is -0.493 e. The predicted molar refractivity (Wildman–Crippen MR) is 145 cm³/mol. The van der Waals surface area contributed by atoms with E-state index in [1.165, 1.54) is 55.6 Å². The van der Waals surface area contributed by atoms with Crippen molar-refractivity contribution in [1.82, 2.24) is 10.3 Å². The highest BCUT2D eigenvalue weighted by Crippen LogP contribution is 2.45. The lowest BCUT2D eigenvalue weighted by molar-refractivity contribution is -0.149. The Morgan fingerprint density at radius 2 is 1.80 bits per heavy atom. The molecule has 1 amide bonds. The molecule has 0 radical (unpaired) electrons. The summed E-state index contributed by atoms with van der Waals surface area (Å²) < 4.78 is 67.5. The third-order valence-corrected chi connectivity index (χ3v) is 7.16. The standard InChI is InChI=1S/C30H33F4N3O4/c1-17(38)16-41-26-11-6-19(12-27(26)40-3)28(39)36-15-23(30(32,33)34)25-14-21(29(2,35)20-7-8-20)13-24(37-25)18-4-9-22(31)10-5-18/h4-6,9-14,17,20,23,38H,7-8,15-16,35H2,1-3H3,(H,36,39)/t17-,23?,29?/m1/s1. The van der Waals surface area contributed by atoms with Crippen molar-refractivity contribution in [1.29, 1.82) is 0 Å². The van der Waals surface area contributed by atoms with Gasteiger partial charge in [0.15, 0.2) is 11.5 Å². The van der Waals surface area contributed by atoms with Crippen molar-refractivity contribution in [3.63, 3.8) is 0 Å². The number of ether oxygens (including phenoxy) is 2. The molecule has 1 heterocycles. The molecule has 1 aliphatic carbocycles. The molecule has 2 aromatic carbocycles. The van der Waals surface area contributed by atoms with Crippen LogP contribution in [0.2, 0.25) is 0 Å². The summed E-state index contributed by atoms with van der Waals surface area (Å²) in [4.78, 5) is 17.2. The lowest BCUT2D eigenvalue weighted by Crippen LogP contribution is -2.38. The van der Waals surface area contributed by atoms with Gasteiger partial charge in [-0.1, -0.05) is 0 Å². The number of nitrogens with zero attached hydrogens (tertiary/aromatic N) is 1. The summed E-state index contributed by atoms with van der Waals surface area (Å²) in [5, 5.41) is 11.8. The number of amides is 1. The molecule has 0 aliphatic heterocycles. The number of aliphatic hydroxyl groups is 1.